The molecule has 4 nitrogen and oxygen atoms in total. The molecule has 3 rings (SSSR count). The Labute approximate surface area is 126 Å². The van der Waals surface area contributed by atoms with E-state index in [9.17, 15) is 22.4 Å². The molecule has 0 N–H and O–H groups in total. The predicted octanol–water partition coefficient (Wildman–Crippen LogP) is 3.66. The van der Waals surface area contributed by atoms with Crippen molar-refractivity contribution in [2.45, 2.75) is 6.18 Å². The fourth-order valence-electron chi connectivity index (χ4n) is 2.22. The summed E-state index contributed by atoms with van der Waals surface area (Å²) in [6, 6.07) is 4.14. The van der Waals surface area contributed by atoms with Gasteiger partial charge in [-0.2, -0.15) is 13.2 Å². The number of rotatable bonds is 2. The molecule has 0 spiro atoms. The number of halogens is 4. The molecule has 0 aliphatic rings. The van der Waals surface area contributed by atoms with Crippen molar-refractivity contribution in [1.29, 1.82) is 0 Å². The third-order valence-corrected chi connectivity index (χ3v) is 3.20. The summed E-state index contributed by atoms with van der Waals surface area (Å²) in [5.74, 6) is -1.90. The number of hydrogen-bond acceptors (Lipinski definition) is 4. The van der Waals surface area contributed by atoms with Crippen LogP contribution >= 0.6 is 0 Å². The van der Waals surface area contributed by atoms with E-state index in [2.05, 4.69) is 15.0 Å². The molecule has 0 unspecified atom stereocenters. The molecule has 0 aliphatic carbocycles. The molecule has 2 aromatic heterocycles. The maximum Gasteiger partial charge on any atom is 0.451 e. The highest BCUT2D eigenvalue weighted by Crippen LogP contribution is 2.32. The van der Waals surface area contributed by atoms with Gasteiger partial charge in [-0.05, 0) is 6.07 Å². The Balaban J connectivity index is 2.26. The van der Waals surface area contributed by atoms with Crippen LogP contribution in [-0.4, -0.2) is 21.2 Å². The lowest BCUT2D eigenvalue weighted by Crippen LogP contribution is -2.10. The van der Waals surface area contributed by atoms with Gasteiger partial charge in [-0.1, -0.05) is 12.1 Å². The summed E-state index contributed by atoms with van der Waals surface area (Å²) >= 11 is 0. The number of hydrogen-bond donors (Lipinski definition) is 0. The second-order valence-corrected chi connectivity index (χ2v) is 4.64. The summed E-state index contributed by atoms with van der Waals surface area (Å²) in [5.41, 5.74) is 0.510. The number of alkyl halides is 3. The summed E-state index contributed by atoms with van der Waals surface area (Å²) in [6.45, 7) is 0. The summed E-state index contributed by atoms with van der Waals surface area (Å²) in [7, 11) is 0. The van der Waals surface area contributed by atoms with Gasteiger partial charge < -0.3 is 0 Å². The molecule has 0 radical (unpaired) electrons. The summed E-state index contributed by atoms with van der Waals surface area (Å²) in [6.07, 6.45) is -1.13. The van der Waals surface area contributed by atoms with E-state index in [1.807, 2.05) is 0 Å². The van der Waals surface area contributed by atoms with Gasteiger partial charge in [0, 0.05) is 40.7 Å². The SMILES string of the molecule is O=Cc1cnc2c(F)cccc2c1-c1cnc(C(F)(F)F)nc1. The standard InChI is InChI=1S/C15H7F4N3O/c16-11-3-1-2-10-12(9(7-23)6-20-13(10)11)8-4-21-14(22-5-8)15(17,18)19/h1-7H. The summed E-state index contributed by atoms with van der Waals surface area (Å²) in [4.78, 5) is 21.6. The van der Waals surface area contributed by atoms with Gasteiger partial charge in [-0.25, -0.2) is 14.4 Å². The number of nitrogens with zero attached hydrogens (tertiary/aromatic N) is 3. The first kappa shape index (κ1) is 15.0. The van der Waals surface area contributed by atoms with E-state index in [-0.39, 0.29) is 27.6 Å². The van der Waals surface area contributed by atoms with Crippen LogP contribution in [0, 0.1) is 5.82 Å². The topological polar surface area (TPSA) is 55.7 Å². The summed E-state index contributed by atoms with van der Waals surface area (Å²) in [5, 5.41) is 0.290. The van der Waals surface area contributed by atoms with Crippen molar-refractivity contribution >= 4 is 17.2 Å². The van der Waals surface area contributed by atoms with Crippen LogP contribution in [0.3, 0.4) is 0 Å². The highest BCUT2D eigenvalue weighted by molar-refractivity contribution is 6.02. The second kappa shape index (κ2) is 5.38. The minimum Gasteiger partial charge on any atom is -0.298 e. The fourth-order valence-corrected chi connectivity index (χ4v) is 2.22. The lowest BCUT2D eigenvalue weighted by molar-refractivity contribution is -0.144. The number of carbonyl (C=O) groups is 1. The van der Waals surface area contributed by atoms with Crippen molar-refractivity contribution in [1.82, 2.24) is 15.0 Å². The summed E-state index contributed by atoms with van der Waals surface area (Å²) < 4.78 is 51.4. The lowest BCUT2D eigenvalue weighted by atomic mass is 9.99. The van der Waals surface area contributed by atoms with Crippen molar-refractivity contribution < 1.29 is 22.4 Å². The Morgan fingerprint density at radius 1 is 1.00 bits per heavy atom. The van der Waals surface area contributed by atoms with Gasteiger partial charge in [-0.3, -0.25) is 9.78 Å². The van der Waals surface area contributed by atoms with Crippen LogP contribution in [0.25, 0.3) is 22.0 Å². The molecule has 0 saturated heterocycles. The van der Waals surface area contributed by atoms with Crippen LogP contribution in [0.1, 0.15) is 16.2 Å². The molecule has 0 atom stereocenters. The van der Waals surface area contributed by atoms with E-state index in [1.54, 1.807) is 0 Å². The Bertz CT molecular complexity index is 892. The van der Waals surface area contributed by atoms with Crippen molar-refractivity contribution in [3.8, 4) is 11.1 Å². The van der Waals surface area contributed by atoms with Gasteiger partial charge in [0.05, 0.1) is 0 Å². The van der Waals surface area contributed by atoms with Crippen molar-refractivity contribution in [2.75, 3.05) is 0 Å². The minimum atomic E-state index is -4.67. The lowest BCUT2D eigenvalue weighted by Gasteiger charge is -2.10. The fraction of sp³-hybridized carbons (Fsp3) is 0.0667. The number of para-hydroxylation sites is 1. The molecule has 3 aromatic rings. The van der Waals surface area contributed by atoms with Crippen LogP contribution in [0.2, 0.25) is 0 Å². The quantitative estimate of drug-likeness (QED) is 0.534. The van der Waals surface area contributed by atoms with Crippen LogP contribution in [-0.2, 0) is 6.18 Å². The first-order chi connectivity index (χ1) is 10.9. The van der Waals surface area contributed by atoms with Gasteiger partial charge in [0.2, 0.25) is 5.82 Å². The number of aromatic nitrogens is 3. The van der Waals surface area contributed by atoms with Gasteiger partial charge in [0.25, 0.3) is 0 Å². The van der Waals surface area contributed by atoms with E-state index < -0.39 is 17.8 Å². The molecular weight excluding hydrogens is 314 g/mol. The van der Waals surface area contributed by atoms with Gasteiger partial charge in [0.15, 0.2) is 6.29 Å². The largest absolute Gasteiger partial charge is 0.451 e. The molecule has 0 bridgehead atoms. The maximum absolute atomic E-state index is 13.8. The van der Waals surface area contributed by atoms with E-state index in [0.29, 0.717) is 6.29 Å². The third kappa shape index (κ3) is 2.63. The number of carbonyl (C=O) groups excluding carboxylic acids is 1. The van der Waals surface area contributed by atoms with Crippen LogP contribution in [0.15, 0.2) is 36.8 Å². The molecule has 1 aromatic carbocycles. The van der Waals surface area contributed by atoms with Crippen molar-refractivity contribution in [3.05, 3.63) is 54.0 Å². The first-order valence-corrected chi connectivity index (χ1v) is 6.34. The van der Waals surface area contributed by atoms with E-state index >= 15 is 0 Å². The number of fused-ring (bicyclic) bond motifs is 1. The van der Waals surface area contributed by atoms with Crippen molar-refractivity contribution in [2.24, 2.45) is 0 Å². The van der Waals surface area contributed by atoms with Crippen molar-refractivity contribution in [3.63, 3.8) is 0 Å². The highest BCUT2D eigenvalue weighted by Gasteiger charge is 2.34. The average Bonchev–Trinajstić information content (AvgIpc) is 2.53. The average molecular weight is 321 g/mol. The molecule has 0 amide bonds. The van der Waals surface area contributed by atoms with Gasteiger partial charge in [0.1, 0.15) is 11.3 Å². The van der Waals surface area contributed by atoms with Crippen LogP contribution < -0.4 is 0 Å². The van der Waals surface area contributed by atoms with E-state index in [1.165, 1.54) is 18.2 Å². The molecule has 23 heavy (non-hydrogen) atoms. The first-order valence-electron chi connectivity index (χ1n) is 6.34. The Hall–Kier alpha value is -2.90. The Morgan fingerprint density at radius 2 is 1.70 bits per heavy atom. The zero-order chi connectivity index (χ0) is 16.6. The molecule has 116 valence electrons. The van der Waals surface area contributed by atoms with E-state index in [4.69, 9.17) is 0 Å². The normalized spacial score (nSPS) is 11.7. The van der Waals surface area contributed by atoms with Crippen LogP contribution in [0.4, 0.5) is 17.6 Å². The smallest absolute Gasteiger partial charge is 0.298 e. The van der Waals surface area contributed by atoms with Gasteiger partial charge in [-0.15, -0.1) is 0 Å². The van der Waals surface area contributed by atoms with Crippen LogP contribution in [0.5, 0.6) is 0 Å². The van der Waals surface area contributed by atoms with Gasteiger partial charge >= 0.3 is 6.18 Å². The molecular formula is C15H7F4N3O. The number of benzene rings is 1. The predicted molar refractivity (Wildman–Crippen MR) is 73.1 cm³/mol. The zero-order valence-corrected chi connectivity index (χ0v) is 11.3. The molecule has 2 heterocycles. The highest BCUT2D eigenvalue weighted by atomic mass is 19.4. The number of aldehydes is 1. The Kier molecular flexibility index (Phi) is 3.51. The monoisotopic (exact) mass is 321 g/mol. The maximum atomic E-state index is 13.8. The molecule has 0 aliphatic heterocycles. The minimum absolute atomic E-state index is 0.00741. The third-order valence-electron chi connectivity index (χ3n) is 3.20. The molecule has 0 fully saturated rings. The zero-order valence-electron chi connectivity index (χ0n) is 11.3. The van der Waals surface area contributed by atoms with E-state index in [0.717, 1.165) is 18.6 Å². The number of pyridine rings is 1. The molecule has 8 heteroatoms. The second-order valence-electron chi connectivity index (χ2n) is 4.64. The molecule has 0 saturated carbocycles. The Morgan fingerprint density at radius 3 is 2.30 bits per heavy atom.